The molecule has 2 aromatic rings. The molecular formula is C19H25N3O3. The predicted molar refractivity (Wildman–Crippen MR) is 96.7 cm³/mol. The summed E-state index contributed by atoms with van der Waals surface area (Å²) in [7, 11) is 1.58. The second-order valence-corrected chi connectivity index (χ2v) is 6.71. The van der Waals surface area contributed by atoms with Crippen LogP contribution in [0.5, 0.6) is 0 Å². The number of hydrogen-bond donors (Lipinski definition) is 2. The molecule has 0 spiro atoms. The highest BCUT2D eigenvalue weighted by atomic mass is 16.5. The number of hydrogen-bond acceptors (Lipinski definition) is 4. The maximum atomic E-state index is 12.1. The Morgan fingerprint density at radius 1 is 1.28 bits per heavy atom. The highest BCUT2D eigenvalue weighted by Gasteiger charge is 2.32. The van der Waals surface area contributed by atoms with Gasteiger partial charge in [-0.05, 0) is 31.2 Å². The molecule has 1 unspecified atom stereocenters. The Bertz CT molecular complexity index is 819. The van der Waals surface area contributed by atoms with Gasteiger partial charge in [-0.2, -0.15) is 0 Å². The van der Waals surface area contributed by atoms with Crippen LogP contribution in [0.2, 0.25) is 0 Å². The summed E-state index contributed by atoms with van der Waals surface area (Å²) in [6, 6.07) is 8.76. The van der Waals surface area contributed by atoms with Crippen LogP contribution in [-0.2, 0) is 17.8 Å². The van der Waals surface area contributed by atoms with Crippen LogP contribution < -0.4 is 16.6 Å². The normalized spacial score (nSPS) is 15.3. The minimum absolute atomic E-state index is 0.236. The topological polar surface area (TPSA) is 76.1 Å². The Balaban J connectivity index is 1.75. The van der Waals surface area contributed by atoms with Crippen LogP contribution in [0, 0.1) is 12.8 Å². The van der Waals surface area contributed by atoms with Gasteiger partial charge in [0, 0.05) is 31.5 Å². The van der Waals surface area contributed by atoms with Crippen molar-refractivity contribution in [3.05, 3.63) is 68.0 Å². The molecule has 1 aromatic carbocycles. The summed E-state index contributed by atoms with van der Waals surface area (Å²) < 4.78 is 6.49. The van der Waals surface area contributed by atoms with Crippen LogP contribution in [0.15, 0.2) is 40.1 Å². The lowest BCUT2D eigenvalue weighted by atomic mass is 10.0. The second-order valence-electron chi connectivity index (χ2n) is 6.71. The third kappa shape index (κ3) is 4.46. The maximum Gasteiger partial charge on any atom is 0.328 e. The zero-order valence-electron chi connectivity index (χ0n) is 14.7. The molecule has 0 radical (unpaired) electrons. The van der Waals surface area contributed by atoms with Crippen molar-refractivity contribution in [3.63, 3.8) is 0 Å². The van der Waals surface area contributed by atoms with Crippen LogP contribution in [-0.4, -0.2) is 23.3 Å². The van der Waals surface area contributed by atoms with Crippen molar-refractivity contribution in [2.24, 2.45) is 5.92 Å². The molecule has 3 rings (SSSR count). The molecule has 25 heavy (non-hydrogen) atoms. The van der Waals surface area contributed by atoms with Gasteiger partial charge in [0.05, 0.1) is 13.2 Å². The van der Waals surface area contributed by atoms with E-state index in [4.69, 9.17) is 4.74 Å². The molecule has 1 aromatic heterocycles. The number of nitrogens with one attached hydrogen (secondary N) is 2. The largest absolute Gasteiger partial charge is 0.383 e. The fraction of sp³-hybridized carbons (Fsp3) is 0.474. The molecule has 2 N–H and O–H groups in total. The Morgan fingerprint density at radius 3 is 2.64 bits per heavy atom. The monoisotopic (exact) mass is 343 g/mol. The van der Waals surface area contributed by atoms with Gasteiger partial charge in [-0.15, -0.1) is 0 Å². The van der Waals surface area contributed by atoms with E-state index in [0.29, 0.717) is 31.2 Å². The second kappa shape index (κ2) is 7.80. The molecule has 134 valence electrons. The van der Waals surface area contributed by atoms with Gasteiger partial charge in [-0.1, -0.05) is 29.8 Å². The van der Waals surface area contributed by atoms with E-state index in [9.17, 15) is 9.59 Å². The van der Waals surface area contributed by atoms with Gasteiger partial charge in [-0.3, -0.25) is 14.3 Å². The van der Waals surface area contributed by atoms with Gasteiger partial charge in [-0.25, -0.2) is 4.79 Å². The molecule has 1 aliphatic rings. The highest BCUT2D eigenvalue weighted by Crippen LogP contribution is 2.41. The lowest BCUT2D eigenvalue weighted by Gasteiger charge is -2.19. The molecular weight excluding hydrogens is 318 g/mol. The first-order valence-corrected chi connectivity index (χ1v) is 8.70. The average molecular weight is 343 g/mol. The summed E-state index contributed by atoms with van der Waals surface area (Å²) in [5.74, 6) is 0.612. The first-order chi connectivity index (χ1) is 12.1. The zero-order chi connectivity index (χ0) is 17.8. The number of methoxy groups -OCH3 is 1. The standard InChI is InChI=1S/C19H25N3O3/c1-13-3-5-14(6-4-13)17(15-7-8-15)20-11-16-12-22(9-10-25-2)19(24)21-18(16)23/h3-6,12,15,17,20H,7-11H2,1-2H3,(H,21,23,24). The smallest absolute Gasteiger partial charge is 0.328 e. The van der Waals surface area contributed by atoms with Gasteiger partial charge >= 0.3 is 5.69 Å². The highest BCUT2D eigenvalue weighted by molar-refractivity contribution is 5.25. The van der Waals surface area contributed by atoms with Crippen molar-refractivity contribution in [3.8, 4) is 0 Å². The Labute approximate surface area is 146 Å². The summed E-state index contributed by atoms with van der Waals surface area (Å²) >= 11 is 0. The molecule has 6 heteroatoms. The number of rotatable bonds is 8. The number of aromatic amines is 1. The molecule has 0 bridgehead atoms. The van der Waals surface area contributed by atoms with E-state index >= 15 is 0 Å². The van der Waals surface area contributed by atoms with Crippen molar-refractivity contribution in [1.82, 2.24) is 14.9 Å². The Kier molecular flexibility index (Phi) is 5.50. The van der Waals surface area contributed by atoms with E-state index in [0.717, 1.165) is 0 Å². The Morgan fingerprint density at radius 2 is 2.00 bits per heavy atom. The van der Waals surface area contributed by atoms with Gasteiger partial charge in [0.25, 0.3) is 5.56 Å². The van der Waals surface area contributed by atoms with Gasteiger partial charge in [0.1, 0.15) is 0 Å². The first-order valence-electron chi connectivity index (χ1n) is 8.70. The third-order valence-electron chi connectivity index (χ3n) is 4.66. The summed E-state index contributed by atoms with van der Waals surface area (Å²) in [4.78, 5) is 26.3. The van der Waals surface area contributed by atoms with Crippen molar-refractivity contribution in [2.75, 3.05) is 13.7 Å². The van der Waals surface area contributed by atoms with Crippen molar-refractivity contribution < 1.29 is 4.74 Å². The molecule has 1 fully saturated rings. The maximum absolute atomic E-state index is 12.1. The molecule has 1 aliphatic carbocycles. The number of aryl methyl sites for hydroxylation is 1. The van der Waals surface area contributed by atoms with Crippen LogP contribution in [0.4, 0.5) is 0 Å². The molecule has 1 saturated carbocycles. The molecule has 1 heterocycles. The fourth-order valence-corrected chi connectivity index (χ4v) is 3.02. The van der Waals surface area contributed by atoms with Crippen molar-refractivity contribution in [1.29, 1.82) is 0 Å². The number of H-pyrrole nitrogens is 1. The summed E-state index contributed by atoms with van der Waals surface area (Å²) in [5, 5.41) is 3.51. The quantitative estimate of drug-likeness (QED) is 0.765. The summed E-state index contributed by atoms with van der Waals surface area (Å²) in [6.45, 7) is 3.35. The number of benzene rings is 1. The first kappa shape index (κ1) is 17.6. The van der Waals surface area contributed by atoms with E-state index in [2.05, 4.69) is 41.5 Å². The zero-order valence-corrected chi connectivity index (χ0v) is 14.7. The van der Waals surface area contributed by atoms with Crippen LogP contribution in [0.1, 0.15) is 35.6 Å². The Hall–Kier alpha value is -2.18. The van der Waals surface area contributed by atoms with Gasteiger partial charge in [0.15, 0.2) is 0 Å². The number of ether oxygens (including phenoxy) is 1. The molecule has 0 amide bonds. The van der Waals surface area contributed by atoms with Crippen molar-refractivity contribution >= 4 is 0 Å². The minimum Gasteiger partial charge on any atom is -0.383 e. The summed E-state index contributed by atoms with van der Waals surface area (Å²) in [5.41, 5.74) is 2.32. The van der Waals surface area contributed by atoms with Crippen LogP contribution in [0.25, 0.3) is 0 Å². The van der Waals surface area contributed by atoms with E-state index in [1.54, 1.807) is 13.3 Å². The van der Waals surface area contributed by atoms with E-state index < -0.39 is 5.69 Å². The predicted octanol–water partition coefficient (Wildman–Crippen LogP) is 1.73. The third-order valence-corrected chi connectivity index (χ3v) is 4.66. The van der Waals surface area contributed by atoms with Gasteiger partial charge in [0.2, 0.25) is 0 Å². The van der Waals surface area contributed by atoms with Crippen molar-refractivity contribution in [2.45, 2.75) is 38.9 Å². The van der Waals surface area contributed by atoms with Gasteiger partial charge < -0.3 is 10.1 Å². The lowest BCUT2D eigenvalue weighted by Crippen LogP contribution is -2.35. The van der Waals surface area contributed by atoms with E-state index in [1.807, 2.05) is 0 Å². The molecule has 6 nitrogen and oxygen atoms in total. The van der Waals surface area contributed by atoms with Crippen LogP contribution in [0.3, 0.4) is 0 Å². The minimum atomic E-state index is -0.400. The van der Waals surface area contributed by atoms with E-state index in [1.165, 1.54) is 28.5 Å². The lowest BCUT2D eigenvalue weighted by molar-refractivity contribution is 0.185. The molecule has 1 atom stereocenters. The molecule has 0 saturated heterocycles. The average Bonchev–Trinajstić information content (AvgIpc) is 3.42. The fourth-order valence-electron chi connectivity index (χ4n) is 3.02. The SMILES string of the molecule is COCCn1cc(CNC(c2ccc(C)cc2)C2CC2)c(=O)[nH]c1=O. The van der Waals surface area contributed by atoms with E-state index in [-0.39, 0.29) is 11.6 Å². The van der Waals surface area contributed by atoms with Crippen LogP contribution >= 0.6 is 0 Å². The number of nitrogens with zero attached hydrogens (tertiary/aromatic N) is 1. The summed E-state index contributed by atoms with van der Waals surface area (Å²) in [6.07, 6.45) is 4.04. The molecule has 0 aliphatic heterocycles. The number of aromatic nitrogens is 2.